The number of para-hydroxylation sites is 1. The van der Waals surface area contributed by atoms with E-state index in [4.69, 9.17) is 9.84 Å². The topological polar surface area (TPSA) is 55.2 Å². The van der Waals surface area contributed by atoms with E-state index in [0.29, 0.717) is 5.56 Å². The molecule has 0 aliphatic rings. The van der Waals surface area contributed by atoms with Gasteiger partial charge in [0.05, 0.1) is 10.2 Å². The van der Waals surface area contributed by atoms with Gasteiger partial charge >= 0.3 is 6.01 Å². The molecule has 5 heteroatoms. The number of halogens is 1. The first kappa shape index (κ1) is 11.3. The summed E-state index contributed by atoms with van der Waals surface area (Å²) in [5.74, 6) is 0.722. The lowest BCUT2D eigenvalue weighted by atomic mass is 10.3. The molecule has 0 saturated carbocycles. The van der Waals surface area contributed by atoms with Gasteiger partial charge in [-0.15, -0.1) is 0 Å². The summed E-state index contributed by atoms with van der Waals surface area (Å²) in [6, 6.07) is 7.90. The Morgan fingerprint density at radius 3 is 2.50 bits per heavy atom. The standard InChI is InChI=1S/C11H9IN2O2/c12-9-3-1-2-4-10(9)16-11-13-5-8(7-15)6-14-11/h1-6,15H,7H2. The minimum atomic E-state index is -0.0663. The molecule has 16 heavy (non-hydrogen) atoms. The number of aromatic nitrogens is 2. The Bertz CT molecular complexity index is 474. The van der Waals surface area contributed by atoms with Crippen LogP contribution in [0.2, 0.25) is 0 Å². The number of hydrogen-bond donors (Lipinski definition) is 1. The number of ether oxygens (including phenoxy) is 1. The maximum absolute atomic E-state index is 8.84. The van der Waals surface area contributed by atoms with Gasteiger partial charge in [-0.2, -0.15) is 0 Å². The molecule has 0 aliphatic heterocycles. The van der Waals surface area contributed by atoms with Gasteiger partial charge in [0.2, 0.25) is 0 Å². The summed E-state index contributed by atoms with van der Waals surface area (Å²) in [6.07, 6.45) is 3.08. The quantitative estimate of drug-likeness (QED) is 0.879. The summed E-state index contributed by atoms with van der Waals surface area (Å²) in [5, 5.41) is 8.84. The van der Waals surface area contributed by atoms with Crippen molar-refractivity contribution in [3.05, 3.63) is 45.8 Å². The van der Waals surface area contributed by atoms with Crippen LogP contribution in [0.5, 0.6) is 11.8 Å². The predicted molar refractivity (Wildman–Crippen MR) is 67.2 cm³/mol. The minimum Gasteiger partial charge on any atom is -0.423 e. The lowest BCUT2D eigenvalue weighted by Crippen LogP contribution is -1.94. The van der Waals surface area contributed by atoms with E-state index in [0.717, 1.165) is 9.32 Å². The molecular formula is C11H9IN2O2. The Morgan fingerprint density at radius 2 is 1.88 bits per heavy atom. The fourth-order valence-corrected chi connectivity index (χ4v) is 1.60. The molecule has 0 spiro atoms. The molecule has 0 fully saturated rings. The fourth-order valence-electron chi connectivity index (χ4n) is 1.10. The van der Waals surface area contributed by atoms with Crippen molar-refractivity contribution in [2.24, 2.45) is 0 Å². The van der Waals surface area contributed by atoms with Gasteiger partial charge in [0.15, 0.2) is 0 Å². The lowest BCUT2D eigenvalue weighted by molar-refractivity contribution is 0.280. The number of hydrogen-bond acceptors (Lipinski definition) is 4. The molecule has 1 aromatic carbocycles. The Hall–Kier alpha value is -1.21. The lowest BCUT2D eigenvalue weighted by Gasteiger charge is -2.05. The minimum absolute atomic E-state index is 0.0663. The summed E-state index contributed by atoms with van der Waals surface area (Å²) in [7, 11) is 0. The highest BCUT2D eigenvalue weighted by Crippen LogP contribution is 2.23. The number of aliphatic hydroxyl groups is 1. The maximum Gasteiger partial charge on any atom is 0.321 e. The summed E-state index contributed by atoms with van der Waals surface area (Å²) in [4.78, 5) is 7.98. The van der Waals surface area contributed by atoms with E-state index in [1.165, 1.54) is 12.4 Å². The third kappa shape index (κ3) is 2.67. The van der Waals surface area contributed by atoms with Crippen LogP contribution in [0.15, 0.2) is 36.7 Å². The molecule has 82 valence electrons. The molecule has 1 heterocycles. The first-order chi connectivity index (χ1) is 7.79. The van der Waals surface area contributed by atoms with Crippen LogP contribution in [0.25, 0.3) is 0 Å². The Balaban J connectivity index is 2.18. The van der Waals surface area contributed by atoms with Crippen LogP contribution in [-0.2, 0) is 6.61 Å². The van der Waals surface area contributed by atoms with Crippen LogP contribution in [0, 0.1) is 3.57 Å². The average Bonchev–Trinajstić information content (AvgIpc) is 2.33. The van der Waals surface area contributed by atoms with Gasteiger partial charge in [0.25, 0.3) is 0 Å². The molecule has 0 amide bonds. The largest absolute Gasteiger partial charge is 0.423 e. The molecule has 0 atom stereocenters. The van der Waals surface area contributed by atoms with E-state index in [2.05, 4.69) is 32.6 Å². The first-order valence-corrected chi connectivity index (χ1v) is 5.71. The van der Waals surface area contributed by atoms with Gasteiger partial charge in [-0.3, -0.25) is 0 Å². The van der Waals surface area contributed by atoms with Gasteiger partial charge in [-0.25, -0.2) is 9.97 Å². The van der Waals surface area contributed by atoms with Crippen LogP contribution in [0.1, 0.15) is 5.56 Å². The monoisotopic (exact) mass is 328 g/mol. The van der Waals surface area contributed by atoms with Crippen molar-refractivity contribution in [1.29, 1.82) is 0 Å². The number of benzene rings is 1. The second-order valence-electron chi connectivity index (χ2n) is 3.06. The fraction of sp³-hybridized carbons (Fsp3) is 0.0909. The van der Waals surface area contributed by atoms with Crippen molar-refractivity contribution in [2.45, 2.75) is 6.61 Å². The van der Waals surface area contributed by atoms with Crippen molar-refractivity contribution in [1.82, 2.24) is 9.97 Å². The molecule has 1 aromatic heterocycles. The van der Waals surface area contributed by atoms with Gasteiger partial charge in [-0.1, -0.05) is 12.1 Å². The summed E-state index contributed by atoms with van der Waals surface area (Å²) < 4.78 is 6.49. The summed E-state index contributed by atoms with van der Waals surface area (Å²) in [6.45, 7) is -0.0663. The highest BCUT2D eigenvalue weighted by Gasteiger charge is 2.03. The van der Waals surface area contributed by atoms with Gasteiger partial charge in [0.1, 0.15) is 5.75 Å². The Kier molecular flexibility index (Phi) is 3.68. The van der Waals surface area contributed by atoms with Crippen LogP contribution < -0.4 is 4.74 Å². The first-order valence-electron chi connectivity index (χ1n) is 4.64. The molecule has 4 nitrogen and oxygen atoms in total. The van der Waals surface area contributed by atoms with Gasteiger partial charge in [-0.05, 0) is 34.7 Å². The van der Waals surface area contributed by atoms with Crippen molar-refractivity contribution in [3.63, 3.8) is 0 Å². The smallest absolute Gasteiger partial charge is 0.321 e. The third-order valence-electron chi connectivity index (χ3n) is 1.90. The normalized spacial score (nSPS) is 10.1. The van der Waals surface area contributed by atoms with Crippen LogP contribution >= 0.6 is 22.6 Å². The maximum atomic E-state index is 8.84. The zero-order valence-electron chi connectivity index (χ0n) is 8.30. The molecule has 0 bridgehead atoms. The molecule has 0 aliphatic carbocycles. The zero-order chi connectivity index (χ0) is 11.4. The molecule has 2 rings (SSSR count). The summed E-state index contributed by atoms with van der Waals surface area (Å²) >= 11 is 2.18. The molecule has 2 aromatic rings. The SMILES string of the molecule is OCc1cnc(Oc2ccccc2I)nc1. The Morgan fingerprint density at radius 1 is 1.19 bits per heavy atom. The van der Waals surface area contributed by atoms with Crippen molar-refractivity contribution in [3.8, 4) is 11.8 Å². The second kappa shape index (κ2) is 5.22. The van der Waals surface area contributed by atoms with E-state index < -0.39 is 0 Å². The van der Waals surface area contributed by atoms with E-state index in [1.807, 2.05) is 24.3 Å². The summed E-state index contributed by atoms with van der Waals surface area (Å²) in [5.41, 5.74) is 0.662. The average molecular weight is 328 g/mol. The predicted octanol–water partition coefficient (Wildman–Crippen LogP) is 2.37. The van der Waals surface area contributed by atoms with Crippen LogP contribution in [-0.4, -0.2) is 15.1 Å². The number of nitrogens with zero attached hydrogens (tertiary/aromatic N) is 2. The van der Waals surface area contributed by atoms with Gasteiger partial charge in [0, 0.05) is 18.0 Å². The Labute approximate surface area is 106 Å². The van der Waals surface area contributed by atoms with E-state index in [9.17, 15) is 0 Å². The number of rotatable bonds is 3. The number of aliphatic hydroxyl groups excluding tert-OH is 1. The molecule has 1 N–H and O–H groups in total. The van der Waals surface area contributed by atoms with E-state index in [1.54, 1.807) is 0 Å². The van der Waals surface area contributed by atoms with Crippen LogP contribution in [0.4, 0.5) is 0 Å². The van der Waals surface area contributed by atoms with Crippen molar-refractivity contribution < 1.29 is 9.84 Å². The molecule has 0 saturated heterocycles. The zero-order valence-corrected chi connectivity index (χ0v) is 10.5. The second-order valence-corrected chi connectivity index (χ2v) is 4.23. The molecule has 0 radical (unpaired) electrons. The third-order valence-corrected chi connectivity index (χ3v) is 2.79. The highest BCUT2D eigenvalue weighted by atomic mass is 127. The van der Waals surface area contributed by atoms with E-state index >= 15 is 0 Å². The van der Waals surface area contributed by atoms with Crippen LogP contribution in [0.3, 0.4) is 0 Å². The van der Waals surface area contributed by atoms with Crippen molar-refractivity contribution in [2.75, 3.05) is 0 Å². The molecular weight excluding hydrogens is 319 g/mol. The highest BCUT2D eigenvalue weighted by molar-refractivity contribution is 14.1. The van der Waals surface area contributed by atoms with E-state index in [-0.39, 0.29) is 12.6 Å². The van der Waals surface area contributed by atoms with Crippen molar-refractivity contribution >= 4 is 22.6 Å². The van der Waals surface area contributed by atoms with Gasteiger partial charge < -0.3 is 9.84 Å². The molecule has 0 unspecified atom stereocenters.